The lowest BCUT2D eigenvalue weighted by molar-refractivity contribution is -0.121. The highest BCUT2D eigenvalue weighted by Gasteiger charge is 2.08. The third kappa shape index (κ3) is 7.48. The van der Waals surface area contributed by atoms with E-state index in [1.165, 1.54) is 0 Å². The Kier molecular flexibility index (Phi) is 7.59. The molecule has 0 saturated carbocycles. The summed E-state index contributed by atoms with van der Waals surface area (Å²) < 4.78 is 5.30. The van der Waals surface area contributed by atoms with Crippen LogP contribution in [0, 0.1) is 5.92 Å². The van der Waals surface area contributed by atoms with Crippen LogP contribution in [-0.2, 0) is 16.0 Å². The van der Waals surface area contributed by atoms with Gasteiger partial charge in [0.05, 0.1) is 19.1 Å². The van der Waals surface area contributed by atoms with Crippen LogP contribution >= 0.6 is 11.6 Å². The fourth-order valence-electron chi connectivity index (χ4n) is 1.58. The summed E-state index contributed by atoms with van der Waals surface area (Å²) in [6.45, 7) is 5.13. The zero-order valence-corrected chi connectivity index (χ0v) is 12.7. The number of hydrogen-bond acceptors (Lipinski definition) is 3. The standard InChI is InChI=1S/C15H22ClNO3/c1-11(2)9-20-10-14(18)8-17-15(19)7-12-3-5-13(16)6-4-12/h3-6,11,14,18H,7-10H2,1-2H3,(H,17,19). The Labute approximate surface area is 125 Å². The summed E-state index contributed by atoms with van der Waals surface area (Å²) in [4.78, 5) is 11.7. The number of nitrogens with one attached hydrogen (secondary N) is 1. The SMILES string of the molecule is CC(C)COCC(O)CNC(=O)Cc1ccc(Cl)cc1. The van der Waals surface area contributed by atoms with Gasteiger partial charge < -0.3 is 15.2 Å². The minimum Gasteiger partial charge on any atom is -0.389 e. The van der Waals surface area contributed by atoms with Crippen molar-refractivity contribution in [2.75, 3.05) is 19.8 Å². The molecule has 4 nitrogen and oxygen atoms in total. The monoisotopic (exact) mass is 299 g/mol. The van der Waals surface area contributed by atoms with Crippen molar-refractivity contribution in [3.05, 3.63) is 34.9 Å². The maximum atomic E-state index is 11.7. The molecule has 0 fully saturated rings. The highest BCUT2D eigenvalue weighted by Crippen LogP contribution is 2.09. The van der Waals surface area contributed by atoms with E-state index in [1.54, 1.807) is 12.1 Å². The Morgan fingerprint density at radius 1 is 1.30 bits per heavy atom. The topological polar surface area (TPSA) is 58.6 Å². The highest BCUT2D eigenvalue weighted by molar-refractivity contribution is 6.30. The van der Waals surface area contributed by atoms with Crippen LogP contribution < -0.4 is 5.32 Å². The number of amides is 1. The molecule has 0 heterocycles. The third-order valence-electron chi connectivity index (χ3n) is 2.57. The summed E-state index contributed by atoms with van der Waals surface area (Å²) in [5.74, 6) is 0.303. The molecule has 0 saturated heterocycles. The van der Waals surface area contributed by atoms with Crippen LogP contribution in [0.3, 0.4) is 0 Å². The number of carbonyl (C=O) groups is 1. The van der Waals surface area contributed by atoms with Crippen molar-refractivity contribution in [2.24, 2.45) is 5.92 Å². The fourth-order valence-corrected chi connectivity index (χ4v) is 1.71. The van der Waals surface area contributed by atoms with E-state index in [-0.39, 0.29) is 25.5 Å². The molecule has 0 aliphatic heterocycles. The molecule has 1 aromatic rings. The number of benzene rings is 1. The quantitative estimate of drug-likeness (QED) is 0.772. The Hall–Kier alpha value is -1.10. The van der Waals surface area contributed by atoms with Gasteiger partial charge in [-0.3, -0.25) is 4.79 Å². The Bertz CT molecular complexity index is 406. The highest BCUT2D eigenvalue weighted by atomic mass is 35.5. The van der Waals surface area contributed by atoms with E-state index in [2.05, 4.69) is 5.32 Å². The average molecular weight is 300 g/mol. The predicted molar refractivity (Wildman–Crippen MR) is 79.8 cm³/mol. The Balaban J connectivity index is 2.20. The summed E-state index contributed by atoms with van der Waals surface area (Å²) in [7, 11) is 0. The van der Waals surface area contributed by atoms with E-state index in [9.17, 15) is 9.90 Å². The number of aliphatic hydroxyl groups is 1. The van der Waals surface area contributed by atoms with Gasteiger partial charge in [-0.15, -0.1) is 0 Å². The van der Waals surface area contributed by atoms with Crippen molar-refractivity contribution in [2.45, 2.75) is 26.4 Å². The van der Waals surface area contributed by atoms with E-state index in [4.69, 9.17) is 16.3 Å². The molecule has 0 bridgehead atoms. The van der Waals surface area contributed by atoms with Crippen molar-refractivity contribution in [3.8, 4) is 0 Å². The van der Waals surface area contributed by atoms with Gasteiger partial charge in [-0.25, -0.2) is 0 Å². The Morgan fingerprint density at radius 3 is 2.55 bits per heavy atom. The van der Waals surface area contributed by atoms with Crippen molar-refractivity contribution in [1.29, 1.82) is 0 Å². The third-order valence-corrected chi connectivity index (χ3v) is 2.83. The second kappa shape index (κ2) is 8.95. The molecule has 1 atom stereocenters. The molecule has 1 aromatic carbocycles. The molecule has 112 valence electrons. The smallest absolute Gasteiger partial charge is 0.224 e. The first kappa shape index (κ1) is 17.0. The fraction of sp³-hybridized carbons (Fsp3) is 0.533. The first-order chi connectivity index (χ1) is 9.47. The van der Waals surface area contributed by atoms with E-state index in [1.807, 2.05) is 26.0 Å². The molecular formula is C15H22ClNO3. The number of hydrogen-bond donors (Lipinski definition) is 2. The van der Waals surface area contributed by atoms with Gasteiger partial charge in [0, 0.05) is 18.2 Å². The molecular weight excluding hydrogens is 278 g/mol. The number of rotatable bonds is 8. The molecule has 1 rings (SSSR count). The maximum Gasteiger partial charge on any atom is 0.224 e. The summed E-state index contributed by atoms with van der Waals surface area (Å²) in [6.07, 6.45) is -0.403. The van der Waals surface area contributed by atoms with Crippen LogP contribution in [0.1, 0.15) is 19.4 Å². The number of ether oxygens (including phenoxy) is 1. The first-order valence-corrected chi connectivity index (χ1v) is 7.12. The molecule has 0 radical (unpaired) electrons. The molecule has 0 aliphatic rings. The van der Waals surface area contributed by atoms with Crippen molar-refractivity contribution in [1.82, 2.24) is 5.32 Å². The molecule has 0 aliphatic carbocycles. The van der Waals surface area contributed by atoms with Gasteiger partial charge in [-0.05, 0) is 23.6 Å². The second-order valence-electron chi connectivity index (χ2n) is 5.19. The minimum atomic E-state index is -0.678. The first-order valence-electron chi connectivity index (χ1n) is 6.74. The van der Waals surface area contributed by atoms with Gasteiger partial charge in [0.2, 0.25) is 5.91 Å². The van der Waals surface area contributed by atoms with Gasteiger partial charge >= 0.3 is 0 Å². The van der Waals surface area contributed by atoms with Crippen LogP contribution in [0.4, 0.5) is 0 Å². The van der Waals surface area contributed by atoms with Gasteiger partial charge in [-0.1, -0.05) is 37.6 Å². The molecule has 1 amide bonds. The van der Waals surface area contributed by atoms with Gasteiger partial charge in [0.15, 0.2) is 0 Å². The molecule has 20 heavy (non-hydrogen) atoms. The van der Waals surface area contributed by atoms with Crippen molar-refractivity contribution in [3.63, 3.8) is 0 Å². The normalized spacial score (nSPS) is 12.4. The number of carbonyl (C=O) groups excluding carboxylic acids is 1. The lowest BCUT2D eigenvalue weighted by Gasteiger charge is -2.13. The van der Waals surface area contributed by atoms with Crippen LogP contribution in [0.25, 0.3) is 0 Å². The van der Waals surface area contributed by atoms with E-state index < -0.39 is 6.10 Å². The number of aliphatic hydroxyl groups excluding tert-OH is 1. The lowest BCUT2D eigenvalue weighted by atomic mass is 10.1. The van der Waals surface area contributed by atoms with E-state index in [0.29, 0.717) is 17.5 Å². The van der Waals surface area contributed by atoms with Gasteiger partial charge in [0.25, 0.3) is 0 Å². The summed E-state index contributed by atoms with van der Waals surface area (Å²) in [6, 6.07) is 7.12. The average Bonchev–Trinajstić information content (AvgIpc) is 2.39. The lowest BCUT2D eigenvalue weighted by Crippen LogP contribution is -2.35. The minimum absolute atomic E-state index is 0.129. The second-order valence-corrected chi connectivity index (χ2v) is 5.63. The van der Waals surface area contributed by atoms with Crippen molar-refractivity contribution < 1.29 is 14.6 Å². The molecule has 0 aromatic heterocycles. The van der Waals surface area contributed by atoms with Crippen molar-refractivity contribution >= 4 is 17.5 Å². The van der Waals surface area contributed by atoms with E-state index in [0.717, 1.165) is 5.56 Å². The maximum absolute atomic E-state index is 11.7. The molecule has 0 spiro atoms. The van der Waals surface area contributed by atoms with E-state index >= 15 is 0 Å². The van der Waals surface area contributed by atoms with Crippen LogP contribution in [0.5, 0.6) is 0 Å². The zero-order chi connectivity index (χ0) is 15.0. The summed E-state index contributed by atoms with van der Waals surface area (Å²) >= 11 is 5.77. The van der Waals surface area contributed by atoms with Gasteiger partial charge in [0.1, 0.15) is 0 Å². The molecule has 5 heteroatoms. The zero-order valence-electron chi connectivity index (χ0n) is 11.9. The van der Waals surface area contributed by atoms with Crippen LogP contribution in [0.2, 0.25) is 5.02 Å². The molecule has 2 N–H and O–H groups in total. The van der Waals surface area contributed by atoms with Crippen LogP contribution in [0.15, 0.2) is 24.3 Å². The van der Waals surface area contributed by atoms with Gasteiger partial charge in [-0.2, -0.15) is 0 Å². The Morgan fingerprint density at radius 2 is 1.95 bits per heavy atom. The predicted octanol–water partition coefficient (Wildman–Crippen LogP) is 2.03. The van der Waals surface area contributed by atoms with Crippen LogP contribution in [-0.4, -0.2) is 36.9 Å². The summed E-state index contributed by atoms with van der Waals surface area (Å²) in [5, 5.41) is 13.0. The molecule has 1 unspecified atom stereocenters. The largest absolute Gasteiger partial charge is 0.389 e. The summed E-state index contributed by atoms with van der Waals surface area (Å²) in [5.41, 5.74) is 0.887. The number of halogens is 1.